The molecule has 0 radical (unpaired) electrons. The Morgan fingerprint density at radius 3 is 2.26 bits per heavy atom. The summed E-state index contributed by atoms with van der Waals surface area (Å²) in [5.74, 6) is -4.86. The molecule has 98 valence electrons. The number of cyclic esters (lactones) is 2. The van der Waals surface area contributed by atoms with Crippen molar-refractivity contribution in [3.8, 4) is 0 Å². The van der Waals surface area contributed by atoms with Crippen LogP contribution in [0, 0.1) is 0 Å². The molecule has 0 atom stereocenters. The number of esters is 2. The number of ether oxygens (including phenoxy) is 1. The predicted molar refractivity (Wildman–Crippen MR) is 59.5 cm³/mol. The summed E-state index contributed by atoms with van der Waals surface area (Å²) in [6, 6.07) is 0.869. The second-order valence-corrected chi connectivity index (χ2v) is 3.84. The highest BCUT2D eigenvalue weighted by atomic mass is 16.6. The van der Waals surface area contributed by atoms with Crippen LogP contribution in [0.4, 0.5) is 0 Å². The molecule has 1 heterocycles. The first-order valence-electron chi connectivity index (χ1n) is 5.31. The van der Waals surface area contributed by atoms with Crippen LogP contribution in [0.2, 0.25) is 0 Å². The van der Waals surface area contributed by atoms with Crippen LogP contribution in [0.1, 0.15) is 53.9 Å². The van der Waals surface area contributed by atoms with Crippen molar-refractivity contribution < 1.29 is 34.1 Å². The van der Waals surface area contributed by atoms with Crippen LogP contribution in [0.5, 0.6) is 0 Å². The Labute approximate surface area is 106 Å². The lowest BCUT2D eigenvalue weighted by atomic mass is 9.91. The number of carboxylic acid groups (broad SMARTS) is 2. The molecule has 1 aliphatic rings. The number of benzene rings is 1. The Balaban J connectivity index is 2.92. The van der Waals surface area contributed by atoms with Crippen molar-refractivity contribution in [1.29, 1.82) is 0 Å². The molecule has 0 bridgehead atoms. The minimum atomic E-state index is -1.48. The number of carbonyl (C=O) groups is 4. The van der Waals surface area contributed by atoms with Gasteiger partial charge in [0.15, 0.2) is 0 Å². The van der Waals surface area contributed by atoms with Crippen LogP contribution in [0.3, 0.4) is 0 Å². The van der Waals surface area contributed by atoms with E-state index in [1.54, 1.807) is 6.92 Å². The zero-order chi connectivity index (χ0) is 14.3. The number of fused-ring (bicyclic) bond motifs is 1. The van der Waals surface area contributed by atoms with E-state index in [0.29, 0.717) is 0 Å². The molecule has 0 saturated heterocycles. The number of carboxylic acids is 2. The molecule has 19 heavy (non-hydrogen) atoms. The largest absolute Gasteiger partial charge is 0.478 e. The van der Waals surface area contributed by atoms with Crippen molar-refractivity contribution in [1.82, 2.24) is 0 Å². The molecule has 7 nitrogen and oxygen atoms in total. The van der Waals surface area contributed by atoms with Crippen LogP contribution in [0.15, 0.2) is 6.07 Å². The second kappa shape index (κ2) is 4.20. The fraction of sp³-hybridized carbons (Fsp3) is 0.167. The van der Waals surface area contributed by atoms with E-state index in [-0.39, 0.29) is 23.1 Å². The van der Waals surface area contributed by atoms with Crippen molar-refractivity contribution in [2.75, 3.05) is 0 Å². The summed E-state index contributed by atoms with van der Waals surface area (Å²) in [6.45, 7) is 1.56. The maximum Gasteiger partial charge on any atom is 0.347 e. The van der Waals surface area contributed by atoms with Crippen molar-refractivity contribution in [2.45, 2.75) is 13.3 Å². The molecule has 1 aromatic carbocycles. The van der Waals surface area contributed by atoms with Gasteiger partial charge < -0.3 is 14.9 Å². The summed E-state index contributed by atoms with van der Waals surface area (Å²) in [4.78, 5) is 45.2. The molecule has 0 unspecified atom stereocenters. The number of aromatic carboxylic acids is 2. The van der Waals surface area contributed by atoms with E-state index >= 15 is 0 Å². The van der Waals surface area contributed by atoms with Gasteiger partial charge in [0.1, 0.15) is 0 Å². The number of carbonyl (C=O) groups excluding carboxylic acids is 2. The van der Waals surface area contributed by atoms with Gasteiger partial charge in [-0.1, -0.05) is 6.92 Å². The normalized spacial score (nSPS) is 13.1. The molecule has 0 aromatic heterocycles. The first kappa shape index (κ1) is 12.7. The molecular formula is C12H8O7. The minimum absolute atomic E-state index is 0.00162. The summed E-state index contributed by atoms with van der Waals surface area (Å²) in [6.07, 6.45) is 0.0907. The molecule has 0 amide bonds. The molecule has 2 rings (SSSR count). The van der Waals surface area contributed by atoms with Crippen molar-refractivity contribution in [3.63, 3.8) is 0 Å². The zero-order valence-corrected chi connectivity index (χ0v) is 9.72. The topological polar surface area (TPSA) is 118 Å². The Morgan fingerprint density at radius 2 is 1.79 bits per heavy atom. The SMILES string of the molecule is CCc1c(C(=O)O)c(C(=O)O)cc2c1C(=O)OC2=O. The Hall–Kier alpha value is -2.70. The lowest BCUT2D eigenvalue weighted by Gasteiger charge is -2.10. The molecule has 1 aromatic rings. The van der Waals surface area contributed by atoms with Gasteiger partial charge in [0.25, 0.3) is 0 Å². The fourth-order valence-corrected chi connectivity index (χ4v) is 2.09. The molecule has 0 saturated carbocycles. The van der Waals surface area contributed by atoms with E-state index < -0.39 is 35.0 Å². The van der Waals surface area contributed by atoms with Crippen molar-refractivity contribution in [3.05, 3.63) is 33.9 Å². The molecule has 0 aliphatic carbocycles. The van der Waals surface area contributed by atoms with Crippen LogP contribution < -0.4 is 0 Å². The van der Waals surface area contributed by atoms with Gasteiger partial charge in [0.2, 0.25) is 0 Å². The molecule has 2 N–H and O–H groups in total. The van der Waals surface area contributed by atoms with E-state index in [4.69, 9.17) is 10.2 Å². The summed E-state index contributed by atoms with van der Waals surface area (Å²) >= 11 is 0. The summed E-state index contributed by atoms with van der Waals surface area (Å²) in [5.41, 5.74) is -1.38. The standard InChI is InChI=1S/C12H8O7/c1-2-4-7(10(15)16)5(9(13)14)3-6-8(4)12(18)19-11(6)17/h3H,2H2,1H3,(H,13,14)(H,15,16). The average molecular weight is 264 g/mol. The van der Waals surface area contributed by atoms with Crippen LogP contribution in [0.25, 0.3) is 0 Å². The van der Waals surface area contributed by atoms with Gasteiger partial charge in [-0.15, -0.1) is 0 Å². The lowest BCUT2D eigenvalue weighted by molar-refractivity contribution is 0.0443. The van der Waals surface area contributed by atoms with Crippen molar-refractivity contribution >= 4 is 23.9 Å². The first-order valence-corrected chi connectivity index (χ1v) is 5.31. The maximum atomic E-state index is 11.5. The van der Waals surface area contributed by atoms with Gasteiger partial charge in [0, 0.05) is 0 Å². The third kappa shape index (κ3) is 1.75. The Bertz CT molecular complexity index is 642. The predicted octanol–water partition coefficient (Wildman–Crippen LogP) is 0.956. The van der Waals surface area contributed by atoms with E-state index in [1.807, 2.05) is 0 Å². The highest BCUT2D eigenvalue weighted by Crippen LogP contribution is 2.30. The molecular weight excluding hydrogens is 256 g/mol. The fourth-order valence-electron chi connectivity index (χ4n) is 2.09. The lowest BCUT2D eigenvalue weighted by Crippen LogP contribution is -2.15. The average Bonchev–Trinajstić information content (AvgIpc) is 2.62. The maximum absolute atomic E-state index is 11.5. The van der Waals surface area contributed by atoms with E-state index in [1.165, 1.54) is 0 Å². The third-order valence-corrected chi connectivity index (χ3v) is 2.84. The van der Waals surface area contributed by atoms with E-state index in [9.17, 15) is 19.2 Å². The third-order valence-electron chi connectivity index (χ3n) is 2.84. The van der Waals surface area contributed by atoms with E-state index in [0.717, 1.165) is 6.07 Å². The Morgan fingerprint density at radius 1 is 1.16 bits per heavy atom. The molecule has 1 aliphatic heterocycles. The number of rotatable bonds is 3. The van der Waals surface area contributed by atoms with Crippen LogP contribution in [-0.2, 0) is 11.2 Å². The number of hydrogen-bond acceptors (Lipinski definition) is 5. The van der Waals surface area contributed by atoms with E-state index in [2.05, 4.69) is 4.74 Å². The summed E-state index contributed by atoms with van der Waals surface area (Å²) < 4.78 is 4.38. The molecule has 0 spiro atoms. The quantitative estimate of drug-likeness (QED) is 0.616. The van der Waals surface area contributed by atoms with Gasteiger partial charge in [0.05, 0.1) is 22.3 Å². The van der Waals surface area contributed by atoms with Gasteiger partial charge in [-0.3, -0.25) is 0 Å². The monoisotopic (exact) mass is 264 g/mol. The summed E-state index contributed by atoms with van der Waals surface area (Å²) in [7, 11) is 0. The van der Waals surface area contributed by atoms with Gasteiger partial charge in [-0.05, 0) is 18.1 Å². The number of hydrogen-bond donors (Lipinski definition) is 2. The zero-order valence-electron chi connectivity index (χ0n) is 9.72. The summed E-state index contributed by atoms with van der Waals surface area (Å²) in [5, 5.41) is 18.1. The van der Waals surface area contributed by atoms with Crippen LogP contribution >= 0.6 is 0 Å². The first-order chi connectivity index (χ1) is 8.88. The highest BCUT2D eigenvalue weighted by Gasteiger charge is 2.37. The van der Waals surface area contributed by atoms with Crippen molar-refractivity contribution in [2.24, 2.45) is 0 Å². The molecule has 0 fully saturated rings. The second-order valence-electron chi connectivity index (χ2n) is 3.84. The smallest absolute Gasteiger partial charge is 0.347 e. The van der Waals surface area contributed by atoms with Gasteiger partial charge in [-0.2, -0.15) is 0 Å². The van der Waals surface area contributed by atoms with Gasteiger partial charge in [-0.25, -0.2) is 19.2 Å². The van der Waals surface area contributed by atoms with Gasteiger partial charge >= 0.3 is 23.9 Å². The Kier molecular flexibility index (Phi) is 2.82. The minimum Gasteiger partial charge on any atom is -0.478 e. The highest BCUT2D eigenvalue weighted by molar-refractivity contribution is 6.18. The molecule has 7 heteroatoms. The van der Waals surface area contributed by atoms with Crippen LogP contribution in [-0.4, -0.2) is 34.1 Å².